The quantitative estimate of drug-likeness (QED) is 0.390. The molecule has 5 heteroatoms. The molecule has 1 aromatic rings. The Labute approximate surface area is 128 Å². The van der Waals surface area contributed by atoms with Crippen LogP contribution in [0.5, 0.6) is 0 Å². The van der Waals surface area contributed by atoms with Gasteiger partial charge in [-0.25, -0.2) is 4.79 Å². The summed E-state index contributed by atoms with van der Waals surface area (Å²) in [6.45, 7) is 7.40. The molecule has 0 saturated heterocycles. The third-order valence-corrected chi connectivity index (χ3v) is 4.22. The molecule has 116 valence electrons. The van der Waals surface area contributed by atoms with Crippen LogP contribution in [0.1, 0.15) is 31.9 Å². The van der Waals surface area contributed by atoms with E-state index >= 15 is 0 Å². The Morgan fingerprint density at radius 2 is 1.86 bits per heavy atom. The van der Waals surface area contributed by atoms with Crippen molar-refractivity contribution in [2.24, 2.45) is 0 Å². The second kappa shape index (κ2) is 10.5. The van der Waals surface area contributed by atoms with Crippen LogP contribution in [0.2, 0.25) is 0 Å². The minimum atomic E-state index is -0.893. The monoisotopic (exact) mass is 310 g/mol. The maximum atomic E-state index is 11.3. The second-order valence-electron chi connectivity index (χ2n) is 4.16. The average molecular weight is 310 g/mol. The summed E-state index contributed by atoms with van der Waals surface area (Å²) >= 11 is 0. The Bertz CT molecular complexity index is 453. The topological polar surface area (TPSA) is 44.8 Å². The number of hydrogen-bond donors (Lipinski definition) is 0. The number of ether oxygens (including phenoxy) is 1. The van der Waals surface area contributed by atoms with Gasteiger partial charge in [0.2, 0.25) is 0 Å². The molecule has 1 aromatic carbocycles. The van der Waals surface area contributed by atoms with E-state index in [1.807, 2.05) is 38.1 Å². The summed E-state index contributed by atoms with van der Waals surface area (Å²) in [5.74, 6) is -0.325. The molecule has 0 N–H and O–H groups in total. The first-order valence-corrected chi connectivity index (χ1v) is 8.53. The van der Waals surface area contributed by atoms with Crippen molar-refractivity contribution in [1.82, 2.24) is 0 Å². The molecule has 0 aromatic heterocycles. The largest absolute Gasteiger partial charge is 0.463 e. The number of rotatable bonds is 9. The predicted molar refractivity (Wildman–Crippen MR) is 86.0 cm³/mol. The van der Waals surface area contributed by atoms with Crippen molar-refractivity contribution < 1.29 is 18.6 Å². The molecule has 21 heavy (non-hydrogen) atoms. The summed E-state index contributed by atoms with van der Waals surface area (Å²) in [6, 6.07) is 7.98. The fourth-order valence-electron chi connectivity index (χ4n) is 1.72. The van der Waals surface area contributed by atoms with Gasteiger partial charge < -0.3 is 13.8 Å². The summed E-state index contributed by atoms with van der Waals surface area (Å²) in [6.07, 6.45) is 3.94. The first-order chi connectivity index (χ1) is 10.2. The smallest absolute Gasteiger partial charge is 0.330 e. The molecule has 4 nitrogen and oxygen atoms in total. The van der Waals surface area contributed by atoms with Gasteiger partial charge in [0.1, 0.15) is 0 Å². The fourth-order valence-corrected chi connectivity index (χ4v) is 3.04. The molecule has 0 fully saturated rings. The van der Waals surface area contributed by atoms with Gasteiger partial charge in [-0.15, -0.1) is 0 Å². The predicted octanol–water partition coefficient (Wildman–Crippen LogP) is 4.15. The van der Waals surface area contributed by atoms with E-state index in [0.29, 0.717) is 19.8 Å². The lowest BCUT2D eigenvalue weighted by atomic mass is 10.1. The standard InChI is InChI=1S/C16H23O4P/c1-4-18-16(17)11-10-14-8-7-9-15(12-14)13-21(19-5-2)20-6-3/h7-12H,4-6,13H2,1-3H3. The van der Waals surface area contributed by atoms with Crippen molar-refractivity contribution >= 4 is 20.4 Å². The van der Waals surface area contributed by atoms with E-state index in [9.17, 15) is 4.79 Å². The van der Waals surface area contributed by atoms with E-state index in [0.717, 1.165) is 17.3 Å². The number of benzene rings is 1. The third kappa shape index (κ3) is 7.37. The van der Waals surface area contributed by atoms with Crippen LogP contribution in [0.3, 0.4) is 0 Å². The van der Waals surface area contributed by atoms with Crippen LogP contribution in [-0.2, 0) is 24.7 Å². The van der Waals surface area contributed by atoms with Gasteiger partial charge in [-0.3, -0.25) is 0 Å². The zero-order valence-electron chi connectivity index (χ0n) is 12.9. The Hall–Kier alpha value is -1.22. The van der Waals surface area contributed by atoms with Crippen LogP contribution >= 0.6 is 8.38 Å². The summed E-state index contributed by atoms with van der Waals surface area (Å²) in [7, 11) is -0.893. The molecule has 0 radical (unpaired) electrons. The molecular weight excluding hydrogens is 287 g/mol. The number of hydrogen-bond acceptors (Lipinski definition) is 4. The highest BCUT2D eigenvalue weighted by atomic mass is 31.2. The minimum absolute atomic E-state index is 0.325. The lowest BCUT2D eigenvalue weighted by molar-refractivity contribution is -0.137. The molecule has 1 rings (SSSR count). The van der Waals surface area contributed by atoms with Crippen molar-refractivity contribution in [2.75, 3.05) is 19.8 Å². The molecule has 0 unspecified atom stereocenters. The van der Waals surface area contributed by atoms with Crippen LogP contribution in [0.15, 0.2) is 30.3 Å². The van der Waals surface area contributed by atoms with Crippen molar-refractivity contribution in [3.8, 4) is 0 Å². The molecular formula is C16H23O4P. The van der Waals surface area contributed by atoms with Crippen molar-refractivity contribution in [3.05, 3.63) is 41.5 Å². The van der Waals surface area contributed by atoms with Crippen LogP contribution in [-0.4, -0.2) is 25.8 Å². The van der Waals surface area contributed by atoms with Gasteiger partial charge in [-0.1, -0.05) is 24.3 Å². The third-order valence-electron chi connectivity index (χ3n) is 2.51. The molecule has 0 aliphatic heterocycles. The molecule has 0 aliphatic carbocycles. The van der Waals surface area contributed by atoms with Gasteiger partial charge in [0.25, 0.3) is 0 Å². The lowest BCUT2D eigenvalue weighted by Crippen LogP contribution is -1.98. The number of carbonyl (C=O) groups excluding carboxylic acids is 1. The van der Waals surface area contributed by atoms with Crippen molar-refractivity contribution in [1.29, 1.82) is 0 Å². The van der Waals surface area contributed by atoms with Gasteiger partial charge in [0.15, 0.2) is 8.38 Å². The molecule has 0 atom stereocenters. The minimum Gasteiger partial charge on any atom is -0.463 e. The molecule has 0 heterocycles. The fraction of sp³-hybridized carbons (Fsp3) is 0.438. The SMILES string of the molecule is CCOC(=O)C=Cc1cccc(CP(OCC)OCC)c1. The highest BCUT2D eigenvalue weighted by molar-refractivity contribution is 7.46. The normalized spacial score (nSPS) is 11.2. The molecule has 0 aliphatic rings. The molecule has 0 spiro atoms. The van der Waals surface area contributed by atoms with Crippen molar-refractivity contribution in [2.45, 2.75) is 26.9 Å². The maximum Gasteiger partial charge on any atom is 0.330 e. The van der Waals surface area contributed by atoms with Crippen LogP contribution in [0, 0.1) is 0 Å². The summed E-state index contributed by atoms with van der Waals surface area (Å²) in [5.41, 5.74) is 2.09. The van der Waals surface area contributed by atoms with E-state index in [2.05, 4.69) is 0 Å². The van der Waals surface area contributed by atoms with E-state index in [1.165, 1.54) is 6.08 Å². The molecule has 0 saturated carbocycles. The van der Waals surface area contributed by atoms with Crippen LogP contribution < -0.4 is 0 Å². The maximum absolute atomic E-state index is 11.3. The Kier molecular flexibility index (Phi) is 8.91. The zero-order valence-corrected chi connectivity index (χ0v) is 13.8. The first-order valence-electron chi connectivity index (χ1n) is 7.16. The van der Waals surface area contributed by atoms with Gasteiger partial charge in [-0.05, 0) is 38.0 Å². The average Bonchev–Trinajstić information content (AvgIpc) is 2.46. The van der Waals surface area contributed by atoms with Gasteiger partial charge in [-0.2, -0.15) is 0 Å². The Morgan fingerprint density at radius 3 is 2.48 bits per heavy atom. The number of esters is 1. The van der Waals surface area contributed by atoms with Crippen LogP contribution in [0.25, 0.3) is 6.08 Å². The highest BCUT2D eigenvalue weighted by Gasteiger charge is 2.10. The van der Waals surface area contributed by atoms with E-state index in [4.69, 9.17) is 13.8 Å². The van der Waals surface area contributed by atoms with E-state index < -0.39 is 8.38 Å². The zero-order chi connectivity index (χ0) is 15.5. The molecule has 0 amide bonds. The summed E-state index contributed by atoms with van der Waals surface area (Å²) < 4.78 is 16.1. The van der Waals surface area contributed by atoms with E-state index in [-0.39, 0.29) is 5.97 Å². The number of carbonyl (C=O) groups is 1. The van der Waals surface area contributed by atoms with Gasteiger partial charge in [0, 0.05) is 12.2 Å². The Morgan fingerprint density at radius 1 is 1.14 bits per heavy atom. The van der Waals surface area contributed by atoms with Crippen LogP contribution in [0.4, 0.5) is 0 Å². The van der Waals surface area contributed by atoms with Crippen molar-refractivity contribution in [3.63, 3.8) is 0 Å². The van der Waals surface area contributed by atoms with Gasteiger partial charge >= 0.3 is 5.97 Å². The second-order valence-corrected chi connectivity index (χ2v) is 5.65. The summed E-state index contributed by atoms with van der Waals surface area (Å²) in [5, 5.41) is 0. The molecule has 0 bridgehead atoms. The Balaban J connectivity index is 2.68. The first kappa shape index (κ1) is 17.8. The highest BCUT2D eigenvalue weighted by Crippen LogP contribution is 2.41. The van der Waals surface area contributed by atoms with E-state index in [1.54, 1.807) is 13.0 Å². The summed E-state index contributed by atoms with van der Waals surface area (Å²) in [4.78, 5) is 11.3. The van der Waals surface area contributed by atoms with Gasteiger partial charge in [0.05, 0.1) is 19.8 Å². The lowest BCUT2D eigenvalue weighted by Gasteiger charge is -2.15.